The molecule has 0 aromatic heterocycles. The van der Waals surface area contributed by atoms with Gasteiger partial charge in [0.05, 0.1) is 17.9 Å². The van der Waals surface area contributed by atoms with E-state index in [1.807, 2.05) is 24.3 Å². The van der Waals surface area contributed by atoms with Crippen molar-refractivity contribution in [2.24, 2.45) is 5.41 Å². The number of ether oxygens (including phenoxy) is 1. The molecular formula is C15H18O5S. The topological polar surface area (TPSA) is 80.7 Å². The molecule has 1 aliphatic heterocycles. The van der Waals surface area contributed by atoms with Crippen LogP contribution in [0.5, 0.6) is 5.75 Å². The van der Waals surface area contributed by atoms with Crippen LogP contribution in [0.15, 0.2) is 24.3 Å². The number of fused-ring (bicyclic) bond motifs is 1. The average molecular weight is 310 g/mol. The molecule has 0 saturated heterocycles. The first-order valence-electron chi connectivity index (χ1n) is 7.04. The number of hydrogen-bond acceptors (Lipinski definition) is 4. The Morgan fingerprint density at radius 3 is 2.67 bits per heavy atom. The highest BCUT2D eigenvalue weighted by atomic mass is 32.2. The lowest BCUT2D eigenvalue weighted by molar-refractivity contribution is -0.138. The number of carboxylic acid groups (broad SMARTS) is 1. The number of aliphatic carboxylic acids is 1. The van der Waals surface area contributed by atoms with Gasteiger partial charge in [0.25, 0.3) is 0 Å². The van der Waals surface area contributed by atoms with Gasteiger partial charge in [0, 0.05) is 6.42 Å². The minimum Gasteiger partial charge on any atom is -0.489 e. The molecule has 1 aliphatic carbocycles. The van der Waals surface area contributed by atoms with Gasteiger partial charge in [-0.1, -0.05) is 18.2 Å². The summed E-state index contributed by atoms with van der Waals surface area (Å²) in [5.74, 6) is -0.248. The summed E-state index contributed by atoms with van der Waals surface area (Å²) in [6, 6.07) is 7.55. The summed E-state index contributed by atoms with van der Waals surface area (Å²) in [5.41, 5.74) is 0.500. The lowest BCUT2D eigenvalue weighted by atomic mass is 10.1. The SMILES string of the molecule is O=C(O)CC1(CS(=O)(=O)CC2Cc3ccccc3O2)CC1. The van der Waals surface area contributed by atoms with Gasteiger partial charge in [0.1, 0.15) is 11.9 Å². The highest BCUT2D eigenvalue weighted by molar-refractivity contribution is 7.91. The van der Waals surface area contributed by atoms with E-state index in [9.17, 15) is 13.2 Å². The molecule has 1 aromatic carbocycles. The van der Waals surface area contributed by atoms with Crippen molar-refractivity contribution in [1.29, 1.82) is 0 Å². The van der Waals surface area contributed by atoms with Crippen molar-refractivity contribution in [3.05, 3.63) is 29.8 Å². The monoisotopic (exact) mass is 310 g/mol. The highest BCUT2D eigenvalue weighted by Gasteiger charge is 2.48. The van der Waals surface area contributed by atoms with Gasteiger partial charge in [-0.3, -0.25) is 4.79 Å². The lowest BCUT2D eigenvalue weighted by Crippen LogP contribution is -2.30. The van der Waals surface area contributed by atoms with Crippen LogP contribution in [0, 0.1) is 5.41 Å². The first-order chi connectivity index (χ1) is 9.88. The van der Waals surface area contributed by atoms with E-state index in [-0.39, 0.29) is 24.0 Å². The summed E-state index contributed by atoms with van der Waals surface area (Å²) >= 11 is 0. The zero-order valence-corrected chi connectivity index (χ0v) is 12.4. The van der Waals surface area contributed by atoms with Crippen molar-refractivity contribution in [3.8, 4) is 5.75 Å². The Labute approximate surface area is 123 Å². The molecule has 1 aromatic rings. The van der Waals surface area contributed by atoms with Crippen molar-refractivity contribution in [3.63, 3.8) is 0 Å². The Balaban J connectivity index is 1.62. The maximum absolute atomic E-state index is 12.3. The van der Waals surface area contributed by atoms with Crippen LogP contribution in [0.25, 0.3) is 0 Å². The molecule has 0 spiro atoms. The maximum atomic E-state index is 12.3. The first kappa shape index (κ1) is 14.4. The number of sulfone groups is 1. The fourth-order valence-electron chi connectivity index (χ4n) is 3.03. The molecule has 0 amide bonds. The second-order valence-corrected chi connectivity index (χ2v) is 8.29. The summed E-state index contributed by atoms with van der Waals surface area (Å²) in [7, 11) is -3.31. The van der Waals surface area contributed by atoms with Crippen LogP contribution in [0.2, 0.25) is 0 Å². The largest absolute Gasteiger partial charge is 0.489 e. The van der Waals surface area contributed by atoms with Gasteiger partial charge in [0.15, 0.2) is 9.84 Å². The lowest BCUT2D eigenvalue weighted by Gasteiger charge is -2.15. The molecule has 114 valence electrons. The zero-order valence-electron chi connectivity index (χ0n) is 11.6. The minimum atomic E-state index is -3.31. The Morgan fingerprint density at radius 2 is 2.05 bits per heavy atom. The zero-order chi connectivity index (χ0) is 15.1. The minimum absolute atomic E-state index is 0.0386. The van der Waals surface area contributed by atoms with E-state index in [1.165, 1.54) is 0 Å². The fraction of sp³-hybridized carbons (Fsp3) is 0.533. The van der Waals surface area contributed by atoms with Gasteiger partial charge in [-0.05, 0) is 29.9 Å². The van der Waals surface area contributed by atoms with Gasteiger partial charge in [0.2, 0.25) is 0 Å². The van der Waals surface area contributed by atoms with Crippen LogP contribution in [0.1, 0.15) is 24.8 Å². The fourth-order valence-corrected chi connectivity index (χ4v) is 5.22. The van der Waals surface area contributed by atoms with E-state index in [0.29, 0.717) is 19.3 Å². The smallest absolute Gasteiger partial charge is 0.303 e. The second-order valence-electron chi connectivity index (χ2n) is 6.18. The number of carboxylic acids is 1. The molecule has 1 fully saturated rings. The average Bonchev–Trinajstić information content (AvgIpc) is 2.97. The van der Waals surface area contributed by atoms with Crippen molar-refractivity contribution in [2.75, 3.05) is 11.5 Å². The van der Waals surface area contributed by atoms with Gasteiger partial charge in [-0.25, -0.2) is 8.42 Å². The van der Waals surface area contributed by atoms with Gasteiger partial charge in [-0.15, -0.1) is 0 Å². The molecular weight excluding hydrogens is 292 g/mol. The first-order valence-corrected chi connectivity index (χ1v) is 8.86. The van der Waals surface area contributed by atoms with Crippen LogP contribution < -0.4 is 4.74 Å². The summed E-state index contributed by atoms with van der Waals surface area (Å²) < 4.78 is 30.3. The van der Waals surface area contributed by atoms with E-state index in [4.69, 9.17) is 9.84 Å². The van der Waals surface area contributed by atoms with Crippen LogP contribution in [0.4, 0.5) is 0 Å². The Hall–Kier alpha value is -1.56. The van der Waals surface area contributed by atoms with E-state index < -0.39 is 21.2 Å². The third-order valence-corrected chi connectivity index (χ3v) is 6.09. The third-order valence-electron chi connectivity index (χ3n) is 4.16. The molecule has 0 radical (unpaired) electrons. The van der Waals surface area contributed by atoms with Crippen molar-refractivity contribution < 1.29 is 23.1 Å². The van der Waals surface area contributed by atoms with E-state index in [1.54, 1.807) is 0 Å². The summed E-state index contributed by atoms with van der Waals surface area (Å²) in [5, 5.41) is 8.87. The van der Waals surface area contributed by atoms with Crippen molar-refractivity contribution in [2.45, 2.75) is 31.8 Å². The Bertz CT molecular complexity index is 635. The molecule has 1 N–H and O–H groups in total. The predicted molar refractivity (Wildman–Crippen MR) is 77.1 cm³/mol. The number of carbonyl (C=O) groups is 1. The van der Waals surface area contributed by atoms with Gasteiger partial charge >= 0.3 is 5.97 Å². The number of rotatable bonds is 6. The Morgan fingerprint density at radius 1 is 1.33 bits per heavy atom. The normalized spacial score (nSPS) is 22.4. The number of para-hydroxylation sites is 1. The number of benzene rings is 1. The van der Waals surface area contributed by atoms with E-state index in [2.05, 4.69) is 0 Å². The molecule has 1 atom stereocenters. The van der Waals surface area contributed by atoms with Crippen LogP contribution in [-0.2, 0) is 21.1 Å². The molecule has 1 heterocycles. The van der Waals surface area contributed by atoms with Gasteiger partial charge in [-0.2, -0.15) is 0 Å². The standard InChI is InChI=1S/C15H18O5S/c16-14(17)8-15(5-6-15)10-21(18,19)9-12-7-11-3-1-2-4-13(11)20-12/h1-4,12H,5-10H2,(H,16,17). The predicted octanol–water partition coefficient (Wildman–Crippen LogP) is 1.66. The number of hydrogen-bond donors (Lipinski definition) is 1. The molecule has 2 aliphatic rings. The summed E-state index contributed by atoms with van der Waals surface area (Å²) in [6.07, 6.45) is 1.56. The molecule has 5 nitrogen and oxygen atoms in total. The van der Waals surface area contributed by atoms with Crippen molar-refractivity contribution in [1.82, 2.24) is 0 Å². The molecule has 0 bridgehead atoms. The highest BCUT2D eigenvalue weighted by Crippen LogP contribution is 2.50. The van der Waals surface area contributed by atoms with Crippen LogP contribution in [0.3, 0.4) is 0 Å². The summed E-state index contributed by atoms with van der Waals surface area (Å²) in [4.78, 5) is 10.8. The summed E-state index contributed by atoms with van der Waals surface area (Å²) in [6.45, 7) is 0. The van der Waals surface area contributed by atoms with Crippen LogP contribution >= 0.6 is 0 Å². The molecule has 3 rings (SSSR count). The molecule has 6 heteroatoms. The Kier molecular flexibility index (Phi) is 3.43. The van der Waals surface area contributed by atoms with Crippen molar-refractivity contribution >= 4 is 15.8 Å². The quantitative estimate of drug-likeness (QED) is 0.864. The molecule has 21 heavy (non-hydrogen) atoms. The van der Waals surface area contributed by atoms with E-state index >= 15 is 0 Å². The van der Waals surface area contributed by atoms with Gasteiger partial charge < -0.3 is 9.84 Å². The molecule has 1 unspecified atom stereocenters. The maximum Gasteiger partial charge on any atom is 0.303 e. The third kappa shape index (κ3) is 3.37. The molecule has 1 saturated carbocycles. The van der Waals surface area contributed by atoms with E-state index in [0.717, 1.165) is 11.3 Å². The van der Waals surface area contributed by atoms with Crippen LogP contribution in [-0.4, -0.2) is 37.1 Å². The second kappa shape index (κ2) is 5.02.